The van der Waals surface area contributed by atoms with Gasteiger partial charge in [-0.25, -0.2) is 12.7 Å². The van der Waals surface area contributed by atoms with Gasteiger partial charge < -0.3 is 5.73 Å². The SMILES string of the molecule is CC1CC1CN(C)S(=O)(=O)CC(N)=S. The third-order valence-electron chi connectivity index (χ3n) is 2.57. The van der Waals surface area contributed by atoms with Gasteiger partial charge in [0.15, 0.2) is 0 Å². The maximum atomic E-state index is 11.6. The molecule has 0 spiro atoms. The Bertz CT molecular complexity index is 326. The van der Waals surface area contributed by atoms with E-state index in [1.165, 1.54) is 4.31 Å². The summed E-state index contributed by atoms with van der Waals surface area (Å²) >= 11 is 4.59. The van der Waals surface area contributed by atoms with Crippen LogP contribution >= 0.6 is 12.2 Å². The number of hydrogen-bond donors (Lipinski definition) is 1. The molecule has 1 rings (SSSR count). The van der Waals surface area contributed by atoms with Crippen molar-refractivity contribution in [3.8, 4) is 0 Å². The average molecular weight is 236 g/mol. The Morgan fingerprint density at radius 2 is 2.14 bits per heavy atom. The second-order valence-corrected chi connectivity index (χ2v) is 6.58. The van der Waals surface area contributed by atoms with E-state index in [2.05, 4.69) is 19.1 Å². The van der Waals surface area contributed by atoms with Crippen LogP contribution in [0.25, 0.3) is 0 Å². The molecule has 0 amide bonds. The lowest BCUT2D eigenvalue weighted by molar-refractivity contribution is 0.447. The Kier molecular flexibility index (Phi) is 3.49. The molecule has 2 N–H and O–H groups in total. The quantitative estimate of drug-likeness (QED) is 0.692. The first-order chi connectivity index (χ1) is 6.33. The van der Waals surface area contributed by atoms with E-state index in [0.29, 0.717) is 18.4 Å². The number of hydrogen-bond acceptors (Lipinski definition) is 3. The van der Waals surface area contributed by atoms with Crippen molar-refractivity contribution in [2.75, 3.05) is 19.3 Å². The van der Waals surface area contributed by atoms with Crippen molar-refractivity contribution in [2.24, 2.45) is 17.6 Å². The Hall–Kier alpha value is -0.200. The molecule has 1 aliphatic rings. The molecule has 2 unspecified atom stereocenters. The van der Waals surface area contributed by atoms with Gasteiger partial charge in [-0.2, -0.15) is 0 Å². The Balaban J connectivity index is 2.50. The highest BCUT2D eigenvalue weighted by molar-refractivity contribution is 7.92. The Morgan fingerprint density at radius 1 is 1.64 bits per heavy atom. The van der Waals surface area contributed by atoms with Gasteiger partial charge >= 0.3 is 0 Å². The predicted molar refractivity (Wildman–Crippen MR) is 60.5 cm³/mol. The van der Waals surface area contributed by atoms with E-state index in [1.807, 2.05) is 0 Å². The molecule has 14 heavy (non-hydrogen) atoms. The normalized spacial score (nSPS) is 26.5. The summed E-state index contributed by atoms with van der Waals surface area (Å²) < 4.78 is 24.5. The van der Waals surface area contributed by atoms with Crippen molar-refractivity contribution in [3.63, 3.8) is 0 Å². The van der Waals surface area contributed by atoms with Crippen LogP contribution in [0, 0.1) is 11.8 Å². The van der Waals surface area contributed by atoms with Gasteiger partial charge in [-0.05, 0) is 18.3 Å². The Morgan fingerprint density at radius 3 is 2.50 bits per heavy atom. The molecule has 1 aliphatic carbocycles. The first kappa shape index (κ1) is 11.9. The second kappa shape index (κ2) is 4.12. The van der Waals surface area contributed by atoms with Crippen LogP contribution in [0.4, 0.5) is 0 Å². The highest BCUT2D eigenvalue weighted by Crippen LogP contribution is 2.38. The summed E-state index contributed by atoms with van der Waals surface area (Å²) in [6.07, 6.45) is 1.12. The summed E-state index contributed by atoms with van der Waals surface area (Å²) in [6.45, 7) is 2.71. The molecule has 0 bridgehead atoms. The van der Waals surface area contributed by atoms with Gasteiger partial charge in [0, 0.05) is 13.6 Å². The van der Waals surface area contributed by atoms with Gasteiger partial charge in [-0.1, -0.05) is 19.1 Å². The molecule has 0 aliphatic heterocycles. The lowest BCUT2D eigenvalue weighted by atomic mass is 10.3. The predicted octanol–water partition coefficient (Wildman–Crippen LogP) is 0.190. The minimum Gasteiger partial charge on any atom is -0.392 e. The molecule has 0 aromatic rings. The number of sulfonamides is 1. The molecule has 0 saturated heterocycles. The van der Waals surface area contributed by atoms with Gasteiger partial charge in [0.05, 0.1) is 4.99 Å². The lowest BCUT2D eigenvalue weighted by Gasteiger charge is -2.16. The molecule has 1 saturated carbocycles. The van der Waals surface area contributed by atoms with Gasteiger partial charge in [0.25, 0.3) is 0 Å². The summed E-state index contributed by atoms with van der Waals surface area (Å²) in [5, 5.41) is 0. The summed E-state index contributed by atoms with van der Waals surface area (Å²) in [4.78, 5) is 0.0284. The minimum absolute atomic E-state index is 0.0284. The summed E-state index contributed by atoms with van der Waals surface area (Å²) in [5.74, 6) is 0.943. The highest BCUT2D eigenvalue weighted by atomic mass is 32.2. The minimum atomic E-state index is -3.27. The van der Waals surface area contributed by atoms with Crippen LogP contribution in [0.2, 0.25) is 0 Å². The summed E-state index contributed by atoms with van der Waals surface area (Å²) in [6, 6.07) is 0. The molecule has 2 atom stereocenters. The molecule has 1 fully saturated rings. The largest absolute Gasteiger partial charge is 0.392 e. The number of rotatable bonds is 5. The van der Waals surface area contributed by atoms with Crippen molar-refractivity contribution in [2.45, 2.75) is 13.3 Å². The first-order valence-electron chi connectivity index (χ1n) is 4.55. The van der Waals surface area contributed by atoms with Crippen LogP contribution in [-0.4, -0.2) is 37.1 Å². The number of thiocarbonyl (C=S) groups is 1. The van der Waals surface area contributed by atoms with Crippen LogP contribution in [0.15, 0.2) is 0 Å². The first-order valence-corrected chi connectivity index (χ1v) is 6.57. The van der Waals surface area contributed by atoms with Gasteiger partial charge in [-0.15, -0.1) is 0 Å². The molecule has 0 radical (unpaired) electrons. The second-order valence-electron chi connectivity index (χ2n) is 3.98. The summed E-state index contributed by atoms with van der Waals surface area (Å²) in [5.41, 5.74) is 5.22. The van der Waals surface area contributed by atoms with Crippen molar-refractivity contribution in [1.29, 1.82) is 0 Å². The zero-order valence-electron chi connectivity index (χ0n) is 8.43. The topological polar surface area (TPSA) is 63.4 Å². The van der Waals surface area contributed by atoms with Crippen molar-refractivity contribution in [3.05, 3.63) is 0 Å². The molecule has 82 valence electrons. The molecule has 4 nitrogen and oxygen atoms in total. The van der Waals surface area contributed by atoms with Crippen LogP contribution in [0.5, 0.6) is 0 Å². The third-order valence-corrected chi connectivity index (χ3v) is 4.67. The molecule has 6 heteroatoms. The number of nitrogens with zero attached hydrogens (tertiary/aromatic N) is 1. The molecular weight excluding hydrogens is 220 g/mol. The monoisotopic (exact) mass is 236 g/mol. The van der Waals surface area contributed by atoms with E-state index < -0.39 is 10.0 Å². The van der Waals surface area contributed by atoms with Crippen LogP contribution in [-0.2, 0) is 10.0 Å². The van der Waals surface area contributed by atoms with E-state index in [9.17, 15) is 8.42 Å². The van der Waals surface area contributed by atoms with Crippen LogP contribution < -0.4 is 5.73 Å². The Labute approximate surface area is 90.5 Å². The smallest absolute Gasteiger partial charge is 0.220 e. The third kappa shape index (κ3) is 3.18. The van der Waals surface area contributed by atoms with Crippen LogP contribution in [0.1, 0.15) is 13.3 Å². The van der Waals surface area contributed by atoms with E-state index in [0.717, 1.165) is 6.42 Å². The zero-order valence-corrected chi connectivity index (χ0v) is 10.1. The van der Waals surface area contributed by atoms with E-state index >= 15 is 0 Å². The maximum Gasteiger partial charge on any atom is 0.220 e. The van der Waals surface area contributed by atoms with Crippen molar-refractivity contribution >= 4 is 27.2 Å². The van der Waals surface area contributed by atoms with Gasteiger partial charge in [0.2, 0.25) is 10.0 Å². The van der Waals surface area contributed by atoms with Crippen LogP contribution in [0.3, 0.4) is 0 Å². The standard InChI is InChI=1S/C8H16N2O2S2/c1-6-3-7(6)4-10(2)14(11,12)5-8(9)13/h6-7H,3-5H2,1-2H3,(H2,9,13). The fourth-order valence-electron chi connectivity index (χ4n) is 1.39. The fourth-order valence-corrected chi connectivity index (χ4v) is 2.83. The van der Waals surface area contributed by atoms with Crippen molar-refractivity contribution in [1.82, 2.24) is 4.31 Å². The molecule has 0 aromatic carbocycles. The molecule has 0 heterocycles. The summed E-state index contributed by atoms with van der Waals surface area (Å²) in [7, 11) is -1.69. The zero-order chi connectivity index (χ0) is 10.9. The van der Waals surface area contributed by atoms with Gasteiger partial charge in [0.1, 0.15) is 5.75 Å². The molecular formula is C8H16N2O2S2. The lowest BCUT2D eigenvalue weighted by Crippen LogP contribution is -2.35. The molecule has 0 aromatic heterocycles. The van der Waals surface area contributed by atoms with E-state index in [1.54, 1.807) is 7.05 Å². The number of nitrogens with two attached hydrogens (primary N) is 1. The van der Waals surface area contributed by atoms with E-state index in [-0.39, 0.29) is 10.7 Å². The highest BCUT2D eigenvalue weighted by Gasteiger charge is 2.35. The maximum absolute atomic E-state index is 11.6. The fraction of sp³-hybridized carbons (Fsp3) is 0.875. The van der Waals surface area contributed by atoms with Crippen molar-refractivity contribution < 1.29 is 8.42 Å². The average Bonchev–Trinajstić information content (AvgIpc) is 2.63. The van der Waals surface area contributed by atoms with E-state index in [4.69, 9.17) is 5.73 Å². The van der Waals surface area contributed by atoms with Gasteiger partial charge in [-0.3, -0.25) is 0 Å².